The standard InChI is InChI=1S/C48H32N2/c1-4-12-33(13-5-1)34-20-22-35(23-21-34)36-25-28-46-43(30-36)44-31-37(26-29-47(44)49(46)39-14-6-2-7-15-39)38-24-27-42-41-18-10-11-19-45(41)50(48(42)32-38)40-16-8-3-9-17-40/h1-32H. The van der Waals surface area contributed by atoms with Gasteiger partial charge >= 0.3 is 0 Å². The molecule has 2 heteroatoms. The Morgan fingerprint density at radius 3 is 1.22 bits per heavy atom. The molecule has 0 N–H and O–H groups in total. The summed E-state index contributed by atoms with van der Waals surface area (Å²) < 4.78 is 4.79. The molecule has 2 heterocycles. The highest BCUT2D eigenvalue weighted by atomic mass is 15.0. The highest BCUT2D eigenvalue weighted by Crippen LogP contribution is 2.39. The quantitative estimate of drug-likeness (QED) is 0.178. The van der Waals surface area contributed by atoms with Gasteiger partial charge in [-0.05, 0) is 94.0 Å². The van der Waals surface area contributed by atoms with E-state index in [0.29, 0.717) is 0 Å². The van der Waals surface area contributed by atoms with Gasteiger partial charge in [-0.15, -0.1) is 0 Å². The van der Waals surface area contributed by atoms with Crippen LogP contribution in [0.5, 0.6) is 0 Å². The summed E-state index contributed by atoms with van der Waals surface area (Å²) in [5, 5.41) is 5.02. The zero-order valence-electron chi connectivity index (χ0n) is 27.4. The average Bonchev–Trinajstić information content (AvgIpc) is 3.70. The Morgan fingerprint density at radius 1 is 0.220 bits per heavy atom. The molecule has 8 aromatic carbocycles. The number of aromatic nitrogens is 2. The Labute approximate surface area is 290 Å². The van der Waals surface area contributed by atoms with Crippen LogP contribution in [0.25, 0.3) is 88.4 Å². The van der Waals surface area contributed by atoms with Crippen LogP contribution in [-0.2, 0) is 0 Å². The van der Waals surface area contributed by atoms with Crippen LogP contribution in [0.2, 0.25) is 0 Å². The van der Waals surface area contributed by atoms with Crippen LogP contribution in [0.3, 0.4) is 0 Å². The number of rotatable bonds is 5. The van der Waals surface area contributed by atoms with Crippen molar-refractivity contribution in [2.45, 2.75) is 0 Å². The third-order valence-electron chi connectivity index (χ3n) is 10.1. The highest BCUT2D eigenvalue weighted by molar-refractivity contribution is 6.13. The first-order chi connectivity index (χ1) is 24.8. The van der Waals surface area contributed by atoms with Gasteiger partial charge in [0, 0.05) is 32.9 Å². The summed E-state index contributed by atoms with van der Waals surface area (Å²) in [5.41, 5.74) is 14.4. The van der Waals surface area contributed by atoms with Crippen LogP contribution in [0.15, 0.2) is 194 Å². The van der Waals surface area contributed by atoms with Crippen molar-refractivity contribution in [2.24, 2.45) is 0 Å². The second-order valence-electron chi connectivity index (χ2n) is 13.0. The van der Waals surface area contributed by atoms with Crippen LogP contribution in [0.4, 0.5) is 0 Å². The third-order valence-corrected chi connectivity index (χ3v) is 10.1. The Hall–Kier alpha value is -6.64. The molecule has 0 aliphatic carbocycles. The molecule has 10 aromatic rings. The summed E-state index contributed by atoms with van der Waals surface area (Å²) in [5.74, 6) is 0. The maximum absolute atomic E-state index is 2.40. The van der Waals surface area contributed by atoms with Crippen LogP contribution < -0.4 is 0 Å². The molecule has 0 fully saturated rings. The van der Waals surface area contributed by atoms with E-state index in [9.17, 15) is 0 Å². The van der Waals surface area contributed by atoms with E-state index in [-0.39, 0.29) is 0 Å². The molecule has 234 valence electrons. The first-order valence-electron chi connectivity index (χ1n) is 17.2. The maximum Gasteiger partial charge on any atom is 0.0547 e. The summed E-state index contributed by atoms with van der Waals surface area (Å²) in [6.45, 7) is 0. The predicted molar refractivity (Wildman–Crippen MR) is 211 cm³/mol. The van der Waals surface area contributed by atoms with Gasteiger partial charge in [-0.3, -0.25) is 0 Å². The number of hydrogen-bond acceptors (Lipinski definition) is 0. The zero-order chi connectivity index (χ0) is 33.0. The lowest BCUT2D eigenvalue weighted by molar-refractivity contribution is 1.18. The Kier molecular flexibility index (Phi) is 6.53. The average molecular weight is 637 g/mol. The van der Waals surface area contributed by atoms with Gasteiger partial charge in [0.2, 0.25) is 0 Å². The lowest BCUT2D eigenvalue weighted by Crippen LogP contribution is -1.93. The molecule has 0 unspecified atom stereocenters. The van der Waals surface area contributed by atoms with Crippen molar-refractivity contribution in [1.29, 1.82) is 0 Å². The Bertz CT molecular complexity index is 2820. The first kappa shape index (κ1) is 28.4. The Balaban J connectivity index is 1.16. The van der Waals surface area contributed by atoms with Crippen LogP contribution in [-0.4, -0.2) is 9.13 Å². The minimum atomic E-state index is 1.16. The molecule has 0 saturated carbocycles. The van der Waals surface area contributed by atoms with Gasteiger partial charge in [0.15, 0.2) is 0 Å². The smallest absolute Gasteiger partial charge is 0.0547 e. The number of fused-ring (bicyclic) bond motifs is 6. The molecule has 10 rings (SSSR count). The van der Waals surface area contributed by atoms with Crippen LogP contribution in [0, 0.1) is 0 Å². The van der Waals surface area contributed by atoms with Crippen molar-refractivity contribution >= 4 is 43.6 Å². The fourth-order valence-corrected chi connectivity index (χ4v) is 7.73. The summed E-state index contributed by atoms with van der Waals surface area (Å²) in [6, 6.07) is 70.4. The zero-order valence-corrected chi connectivity index (χ0v) is 27.4. The largest absolute Gasteiger partial charge is 0.309 e. The van der Waals surface area contributed by atoms with E-state index < -0.39 is 0 Å². The number of para-hydroxylation sites is 3. The van der Waals surface area contributed by atoms with Gasteiger partial charge in [-0.25, -0.2) is 0 Å². The normalized spacial score (nSPS) is 11.6. The minimum Gasteiger partial charge on any atom is -0.309 e. The minimum absolute atomic E-state index is 1.16. The van der Waals surface area contributed by atoms with Crippen molar-refractivity contribution in [3.05, 3.63) is 194 Å². The first-order valence-corrected chi connectivity index (χ1v) is 17.2. The van der Waals surface area contributed by atoms with Gasteiger partial charge in [-0.2, -0.15) is 0 Å². The monoisotopic (exact) mass is 636 g/mol. The van der Waals surface area contributed by atoms with E-state index in [1.807, 2.05) is 0 Å². The predicted octanol–water partition coefficient (Wildman–Crippen LogP) is 12.9. The molecule has 0 aliphatic rings. The molecular weight excluding hydrogens is 605 g/mol. The number of benzene rings is 8. The van der Waals surface area contributed by atoms with Crippen molar-refractivity contribution < 1.29 is 0 Å². The molecule has 0 bridgehead atoms. The van der Waals surface area contributed by atoms with E-state index in [1.54, 1.807) is 0 Å². The molecule has 0 saturated heterocycles. The van der Waals surface area contributed by atoms with Gasteiger partial charge < -0.3 is 9.13 Å². The second kappa shape index (κ2) is 11.5. The molecule has 0 aliphatic heterocycles. The summed E-state index contributed by atoms with van der Waals surface area (Å²) in [7, 11) is 0. The molecular formula is C48H32N2. The lowest BCUT2D eigenvalue weighted by atomic mass is 9.98. The van der Waals surface area contributed by atoms with Crippen molar-refractivity contribution in [1.82, 2.24) is 9.13 Å². The van der Waals surface area contributed by atoms with Gasteiger partial charge in [0.25, 0.3) is 0 Å². The SMILES string of the molecule is c1ccc(-c2ccc(-c3ccc4c(c3)c3cc(-c5ccc6c7ccccc7n(-c7ccccc7)c6c5)ccc3n4-c3ccccc3)cc2)cc1. The maximum atomic E-state index is 2.40. The van der Waals surface area contributed by atoms with E-state index in [2.05, 4.69) is 203 Å². The van der Waals surface area contributed by atoms with E-state index in [0.717, 1.165) is 5.69 Å². The highest BCUT2D eigenvalue weighted by Gasteiger charge is 2.17. The summed E-state index contributed by atoms with van der Waals surface area (Å²) in [6.07, 6.45) is 0. The van der Waals surface area contributed by atoms with Crippen molar-refractivity contribution in [2.75, 3.05) is 0 Å². The summed E-state index contributed by atoms with van der Waals surface area (Å²) in [4.78, 5) is 0. The molecule has 50 heavy (non-hydrogen) atoms. The lowest BCUT2D eigenvalue weighted by Gasteiger charge is -2.10. The van der Waals surface area contributed by atoms with Crippen LogP contribution >= 0.6 is 0 Å². The Morgan fingerprint density at radius 2 is 0.600 bits per heavy atom. The van der Waals surface area contributed by atoms with E-state index in [4.69, 9.17) is 0 Å². The number of hydrogen-bond donors (Lipinski definition) is 0. The van der Waals surface area contributed by atoms with Gasteiger partial charge in [-0.1, -0.05) is 133 Å². The molecule has 0 radical (unpaired) electrons. The van der Waals surface area contributed by atoms with Gasteiger partial charge in [0.1, 0.15) is 0 Å². The molecule has 0 atom stereocenters. The fraction of sp³-hybridized carbons (Fsp3) is 0. The molecule has 2 aromatic heterocycles. The number of nitrogens with zero attached hydrogens (tertiary/aromatic N) is 2. The van der Waals surface area contributed by atoms with Crippen LogP contribution in [0.1, 0.15) is 0 Å². The molecule has 2 nitrogen and oxygen atoms in total. The van der Waals surface area contributed by atoms with E-state index >= 15 is 0 Å². The topological polar surface area (TPSA) is 9.86 Å². The van der Waals surface area contributed by atoms with Crippen molar-refractivity contribution in [3.63, 3.8) is 0 Å². The van der Waals surface area contributed by atoms with Crippen molar-refractivity contribution in [3.8, 4) is 44.8 Å². The molecule has 0 spiro atoms. The molecule has 0 amide bonds. The third kappa shape index (κ3) is 4.57. The second-order valence-corrected chi connectivity index (χ2v) is 13.0. The fourth-order valence-electron chi connectivity index (χ4n) is 7.73. The van der Waals surface area contributed by atoms with Gasteiger partial charge in [0.05, 0.1) is 22.1 Å². The van der Waals surface area contributed by atoms with E-state index in [1.165, 1.54) is 82.7 Å². The summed E-state index contributed by atoms with van der Waals surface area (Å²) >= 11 is 0.